The first-order valence-electron chi connectivity index (χ1n) is 6.77. The molecule has 0 radical (unpaired) electrons. The molecule has 1 aromatic heterocycles. The first kappa shape index (κ1) is 11.3. The summed E-state index contributed by atoms with van der Waals surface area (Å²) in [4.78, 5) is 4.44. The third-order valence-corrected chi connectivity index (χ3v) is 3.79. The molecule has 0 fully saturated rings. The molecule has 3 aromatic rings. The molecule has 0 saturated heterocycles. The molecule has 0 atom stereocenters. The number of benzene rings is 2. The lowest BCUT2D eigenvalue weighted by Crippen LogP contribution is -2.19. The van der Waals surface area contributed by atoms with E-state index in [1.807, 2.05) is 18.2 Å². The Kier molecular flexibility index (Phi) is 2.42. The van der Waals surface area contributed by atoms with E-state index in [1.165, 1.54) is 11.1 Å². The van der Waals surface area contributed by atoms with Gasteiger partial charge in [0.2, 0.25) is 0 Å². The van der Waals surface area contributed by atoms with Gasteiger partial charge >= 0.3 is 0 Å². The monoisotopic (exact) mass is 265 g/mol. The maximum Gasteiger partial charge on any atom is 0.295 e. The second-order valence-electron chi connectivity index (χ2n) is 5.26. The van der Waals surface area contributed by atoms with E-state index in [0.717, 1.165) is 23.9 Å². The van der Waals surface area contributed by atoms with Crippen molar-refractivity contribution in [2.45, 2.75) is 18.9 Å². The molecular weight excluding hydrogens is 250 g/mol. The van der Waals surface area contributed by atoms with Crippen molar-refractivity contribution in [3.05, 3.63) is 53.6 Å². The molecule has 1 aliphatic carbocycles. The van der Waals surface area contributed by atoms with Crippen LogP contribution in [0.4, 0.5) is 11.7 Å². The molecule has 1 heterocycles. The number of hydrogen-bond donors (Lipinski definition) is 2. The number of aromatic nitrogens is 1. The molecule has 0 unspecified atom stereocenters. The molecule has 4 nitrogen and oxygen atoms in total. The van der Waals surface area contributed by atoms with Crippen molar-refractivity contribution in [2.75, 3.05) is 11.1 Å². The van der Waals surface area contributed by atoms with Gasteiger partial charge in [-0.3, -0.25) is 0 Å². The molecule has 4 rings (SSSR count). The minimum atomic E-state index is 0.345. The second kappa shape index (κ2) is 4.27. The summed E-state index contributed by atoms with van der Waals surface area (Å²) in [5.41, 5.74) is 10.8. The van der Waals surface area contributed by atoms with Crippen LogP contribution in [0.1, 0.15) is 11.1 Å². The van der Waals surface area contributed by atoms with Gasteiger partial charge in [0.25, 0.3) is 6.01 Å². The van der Waals surface area contributed by atoms with Crippen molar-refractivity contribution in [3.8, 4) is 0 Å². The largest absolute Gasteiger partial charge is 0.424 e. The van der Waals surface area contributed by atoms with Crippen molar-refractivity contribution in [1.82, 2.24) is 4.98 Å². The van der Waals surface area contributed by atoms with Crippen LogP contribution in [0, 0.1) is 0 Å². The highest BCUT2D eigenvalue weighted by molar-refractivity contribution is 5.78. The Balaban J connectivity index is 1.57. The van der Waals surface area contributed by atoms with E-state index in [-0.39, 0.29) is 0 Å². The molecule has 0 saturated carbocycles. The van der Waals surface area contributed by atoms with Gasteiger partial charge in [0.15, 0.2) is 5.58 Å². The number of nitrogens with zero attached hydrogens (tertiary/aromatic N) is 1. The molecule has 3 N–H and O–H groups in total. The Bertz CT molecular complexity index is 753. The average Bonchev–Trinajstić information content (AvgIpc) is 3.00. The predicted octanol–water partition coefficient (Wildman–Crippen LogP) is 2.99. The van der Waals surface area contributed by atoms with Gasteiger partial charge in [0.1, 0.15) is 5.52 Å². The van der Waals surface area contributed by atoms with Crippen molar-refractivity contribution in [3.63, 3.8) is 0 Å². The lowest BCUT2D eigenvalue weighted by molar-refractivity contribution is 0.596. The van der Waals surface area contributed by atoms with Crippen LogP contribution >= 0.6 is 0 Å². The fourth-order valence-electron chi connectivity index (χ4n) is 2.84. The van der Waals surface area contributed by atoms with Crippen LogP contribution in [0.15, 0.2) is 46.9 Å². The van der Waals surface area contributed by atoms with Crippen LogP contribution < -0.4 is 11.1 Å². The summed E-state index contributed by atoms with van der Waals surface area (Å²) >= 11 is 0. The van der Waals surface area contributed by atoms with Crippen molar-refractivity contribution in [1.29, 1.82) is 0 Å². The molecule has 100 valence electrons. The van der Waals surface area contributed by atoms with E-state index in [2.05, 4.69) is 34.6 Å². The first-order valence-corrected chi connectivity index (χ1v) is 6.77. The Labute approximate surface area is 116 Å². The summed E-state index contributed by atoms with van der Waals surface area (Å²) in [5.74, 6) is 0. The van der Waals surface area contributed by atoms with Gasteiger partial charge in [-0.25, -0.2) is 0 Å². The highest BCUT2D eigenvalue weighted by Crippen LogP contribution is 2.26. The topological polar surface area (TPSA) is 64.1 Å². The third-order valence-electron chi connectivity index (χ3n) is 3.79. The average molecular weight is 265 g/mol. The maximum absolute atomic E-state index is 5.75. The lowest BCUT2D eigenvalue weighted by atomic mass is 10.1. The predicted molar refractivity (Wildman–Crippen MR) is 79.7 cm³/mol. The Hall–Kier alpha value is -2.49. The summed E-state index contributed by atoms with van der Waals surface area (Å²) in [5, 5.41) is 3.38. The molecular formula is C16H15N3O. The SMILES string of the molecule is Nc1ccc2oc(NC3Cc4ccccc4C3)nc2c1. The number of nitrogens with two attached hydrogens (primary N) is 1. The number of oxazole rings is 1. The molecule has 0 bridgehead atoms. The fourth-order valence-corrected chi connectivity index (χ4v) is 2.84. The van der Waals surface area contributed by atoms with Gasteiger partial charge in [0, 0.05) is 11.7 Å². The zero-order valence-electron chi connectivity index (χ0n) is 11.0. The fraction of sp³-hybridized carbons (Fsp3) is 0.188. The number of rotatable bonds is 2. The van der Waals surface area contributed by atoms with Crippen LogP contribution in [0.5, 0.6) is 0 Å². The van der Waals surface area contributed by atoms with Gasteiger partial charge in [-0.2, -0.15) is 4.98 Å². The van der Waals surface area contributed by atoms with E-state index >= 15 is 0 Å². The molecule has 0 spiro atoms. The minimum absolute atomic E-state index is 0.345. The van der Waals surface area contributed by atoms with E-state index < -0.39 is 0 Å². The van der Waals surface area contributed by atoms with Gasteiger partial charge in [0.05, 0.1) is 0 Å². The van der Waals surface area contributed by atoms with E-state index in [0.29, 0.717) is 17.7 Å². The van der Waals surface area contributed by atoms with Crippen LogP contribution in [0.2, 0.25) is 0 Å². The van der Waals surface area contributed by atoms with Crippen LogP contribution in [0.25, 0.3) is 11.1 Å². The molecule has 2 aromatic carbocycles. The molecule has 20 heavy (non-hydrogen) atoms. The number of nitrogens with one attached hydrogen (secondary N) is 1. The van der Waals surface area contributed by atoms with Gasteiger partial charge in [-0.05, 0) is 42.2 Å². The minimum Gasteiger partial charge on any atom is -0.424 e. The first-order chi connectivity index (χ1) is 9.78. The summed E-state index contributed by atoms with van der Waals surface area (Å²) in [6.07, 6.45) is 2.02. The molecule has 4 heteroatoms. The summed E-state index contributed by atoms with van der Waals surface area (Å²) in [6.45, 7) is 0. The smallest absolute Gasteiger partial charge is 0.295 e. The molecule has 0 aliphatic heterocycles. The molecule has 0 amide bonds. The van der Waals surface area contributed by atoms with E-state index in [1.54, 1.807) is 0 Å². The summed E-state index contributed by atoms with van der Waals surface area (Å²) < 4.78 is 5.71. The van der Waals surface area contributed by atoms with Gasteiger partial charge in [-0.1, -0.05) is 24.3 Å². The Morgan fingerprint density at radius 3 is 2.60 bits per heavy atom. The van der Waals surface area contributed by atoms with E-state index in [9.17, 15) is 0 Å². The van der Waals surface area contributed by atoms with Crippen LogP contribution in [0.3, 0.4) is 0 Å². The normalized spacial score (nSPS) is 14.6. The second-order valence-corrected chi connectivity index (χ2v) is 5.26. The number of hydrogen-bond acceptors (Lipinski definition) is 4. The van der Waals surface area contributed by atoms with Crippen molar-refractivity contribution >= 4 is 22.8 Å². The number of anilines is 2. The van der Waals surface area contributed by atoms with Gasteiger partial charge < -0.3 is 15.5 Å². The zero-order chi connectivity index (χ0) is 13.5. The van der Waals surface area contributed by atoms with Gasteiger partial charge in [-0.15, -0.1) is 0 Å². The Morgan fingerprint density at radius 2 is 1.85 bits per heavy atom. The zero-order valence-corrected chi connectivity index (χ0v) is 11.0. The maximum atomic E-state index is 5.75. The quantitative estimate of drug-likeness (QED) is 0.699. The van der Waals surface area contributed by atoms with Crippen molar-refractivity contribution < 1.29 is 4.42 Å². The number of fused-ring (bicyclic) bond motifs is 2. The highest BCUT2D eigenvalue weighted by atomic mass is 16.4. The Morgan fingerprint density at radius 1 is 1.10 bits per heavy atom. The third kappa shape index (κ3) is 1.90. The number of nitrogen functional groups attached to an aromatic ring is 1. The summed E-state index contributed by atoms with van der Waals surface area (Å²) in [6, 6.07) is 15.0. The lowest BCUT2D eigenvalue weighted by Gasteiger charge is -2.08. The van der Waals surface area contributed by atoms with Crippen molar-refractivity contribution in [2.24, 2.45) is 0 Å². The van der Waals surface area contributed by atoms with Crippen LogP contribution in [-0.2, 0) is 12.8 Å². The van der Waals surface area contributed by atoms with E-state index in [4.69, 9.17) is 10.2 Å². The standard InChI is InChI=1S/C16H15N3O/c17-12-5-6-15-14(9-12)19-16(20-15)18-13-7-10-3-1-2-4-11(10)8-13/h1-6,9,13H,7-8,17H2,(H,18,19). The summed E-state index contributed by atoms with van der Waals surface area (Å²) in [7, 11) is 0. The highest BCUT2D eigenvalue weighted by Gasteiger charge is 2.22. The molecule has 1 aliphatic rings. The van der Waals surface area contributed by atoms with Crippen LogP contribution in [-0.4, -0.2) is 11.0 Å².